The smallest absolute Gasteiger partial charge is 0.216 e. The molecule has 24 heavy (non-hydrogen) atoms. The highest BCUT2D eigenvalue weighted by atomic mass is 16.5. The summed E-state index contributed by atoms with van der Waals surface area (Å²) in [6.07, 6.45) is 8.34. The van der Waals surface area contributed by atoms with E-state index in [0.29, 0.717) is 11.8 Å². The topological polar surface area (TPSA) is 51.1 Å². The second-order valence-electron chi connectivity index (χ2n) is 6.94. The van der Waals surface area contributed by atoms with Gasteiger partial charge in [-0.3, -0.25) is 0 Å². The molecule has 2 aliphatic rings. The zero-order valence-corrected chi connectivity index (χ0v) is 14.2. The third-order valence-electron chi connectivity index (χ3n) is 5.03. The molecule has 1 saturated carbocycles. The molecule has 2 aromatic heterocycles. The molecule has 0 unspecified atom stereocenters. The Morgan fingerprint density at radius 3 is 2.71 bits per heavy atom. The highest BCUT2D eigenvalue weighted by Gasteiger charge is 2.27. The van der Waals surface area contributed by atoms with Gasteiger partial charge >= 0.3 is 0 Å². The van der Waals surface area contributed by atoms with Crippen LogP contribution in [0.3, 0.4) is 0 Å². The lowest BCUT2D eigenvalue weighted by Crippen LogP contribution is -2.36. The summed E-state index contributed by atoms with van der Waals surface area (Å²) < 4.78 is 5.92. The molecule has 0 radical (unpaired) electrons. The van der Waals surface area contributed by atoms with Gasteiger partial charge in [0.15, 0.2) is 0 Å². The summed E-state index contributed by atoms with van der Waals surface area (Å²) in [5, 5.41) is 0. The number of anilines is 1. The van der Waals surface area contributed by atoms with Gasteiger partial charge < -0.3 is 9.64 Å². The van der Waals surface area contributed by atoms with Crippen molar-refractivity contribution in [1.29, 1.82) is 0 Å². The summed E-state index contributed by atoms with van der Waals surface area (Å²) in [6, 6.07) is 6.17. The number of nitrogens with zero attached hydrogens (tertiary/aromatic N) is 4. The number of aromatic nitrogens is 3. The van der Waals surface area contributed by atoms with E-state index in [0.717, 1.165) is 49.8 Å². The van der Waals surface area contributed by atoms with Crippen molar-refractivity contribution in [3.8, 4) is 5.88 Å². The van der Waals surface area contributed by atoms with Crippen LogP contribution in [0.2, 0.25) is 0 Å². The minimum atomic E-state index is 0.590. The van der Waals surface area contributed by atoms with Gasteiger partial charge in [0.2, 0.25) is 5.88 Å². The van der Waals surface area contributed by atoms with Gasteiger partial charge in [-0.1, -0.05) is 6.07 Å². The van der Waals surface area contributed by atoms with Crippen LogP contribution in [0.1, 0.15) is 42.9 Å². The Kier molecular flexibility index (Phi) is 4.32. The maximum Gasteiger partial charge on any atom is 0.216 e. The van der Waals surface area contributed by atoms with Crippen LogP contribution >= 0.6 is 0 Å². The van der Waals surface area contributed by atoms with Crippen LogP contribution in [0.15, 0.2) is 30.7 Å². The Hall–Kier alpha value is -2.17. The molecule has 5 heteroatoms. The van der Waals surface area contributed by atoms with Crippen LogP contribution < -0.4 is 9.64 Å². The van der Waals surface area contributed by atoms with Gasteiger partial charge in [-0.15, -0.1) is 0 Å². The summed E-state index contributed by atoms with van der Waals surface area (Å²) in [5.74, 6) is 3.13. The first-order valence-corrected chi connectivity index (χ1v) is 8.91. The minimum absolute atomic E-state index is 0.590. The average Bonchev–Trinajstić information content (AvgIpc) is 3.47. The van der Waals surface area contributed by atoms with Gasteiger partial charge in [-0.05, 0) is 44.6 Å². The van der Waals surface area contributed by atoms with Gasteiger partial charge in [-0.25, -0.2) is 15.0 Å². The highest BCUT2D eigenvalue weighted by molar-refractivity contribution is 5.40. The molecule has 2 fully saturated rings. The molecule has 5 nitrogen and oxygen atoms in total. The van der Waals surface area contributed by atoms with E-state index < -0.39 is 0 Å². The standard InChI is InChI=1S/C19H24N4O/c1-14-3-2-8-20-19(14)24-12-15-6-9-23(10-7-15)18-11-17(16-4-5-16)21-13-22-18/h2-3,8,11,13,15-16H,4-7,9-10,12H2,1H3. The number of ether oxygens (including phenoxy) is 1. The molecule has 0 aromatic carbocycles. The number of rotatable bonds is 5. The van der Waals surface area contributed by atoms with Crippen molar-refractivity contribution < 1.29 is 4.74 Å². The largest absolute Gasteiger partial charge is 0.477 e. The second-order valence-corrected chi connectivity index (χ2v) is 6.94. The fraction of sp³-hybridized carbons (Fsp3) is 0.526. The van der Waals surface area contributed by atoms with Crippen LogP contribution in [0.5, 0.6) is 5.88 Å². The van der Waals surface area contributed by atoms with Gasteiger partial charge in [-0.2, -0.15) is 0 Å². The SMILES string of the molecule is Cc1cccnc1OCC1CCN(c2cc(C3CC3)ncn2)CC1. The highest BCUT2D eigenvalue weighted by Crippen LogP contribution is 2.39. The molecule has 0 spiro atoms. The molecule has 1 saturated heterocycles. The summed E-state index contributed by atoms with van der Waals surface area (Å²) >= 11 is 0. The van der Waals surface area contributed by atoms with E-state index in [1.165, 1.54) is 18.5 Å². The zero-order chi connectivity index (χ0) is 16.4. The lowest BCUT2D eigenvalue weighted by molar-refractivity contribution is 0.214. The van der Waals surface area contributed by atoms with E-state index in [4.69, 9.17) is 4.74 Å². The molecular formula is C19H24N4O. The van der Waals surface area contributed by atoms with E-state index >= 15 is 0 Å². The molecule has 1 aliphatic heterocycles. The number of hydrogen-bond acceptors (Lipinski definition) is 5. The predicted molar refractivity (Wildman–Crippen MR) is 93.4 cm³/mol. The Bertz CT molecular complexity index is 693. The third kappa shape index (κ3) is 3.50. The fourth-order valence-corrected chi connectivity index (χ4v) is 3.28. The summed E-state index contributed by atoms with van der Waals surface area (Å²) in [7, 11) is 0. The van der Waals surface area contributed by atoms with E-state index in [1.54, 1.807) is 12.5 Å². The molecule has 126 valence electrons. The van der Waals surface area contributed by atoms with Crippen LogP contribution in [0.25, 0.3) is 0 Å². The molecule has 4 rings (SSSR count). The van der Waals surface area contributed by atoms with Crippen molar-refractivity contribution in [3.63, 3.8) is 0 Å². The van der Waals surface area contributed by atoms with Crippen LogP contribution in [0, 0.1) is 12.8 Å². The first-order valence-electron chi connectivity index (χ1n) is 8.91. The molecule has 2 aromatic rings. The van der Waals surface area contributed by atoms with E-state index in [-0.39, 0.29) is 0 Å². The maximum absolute atomic E-state index is 5.92. The molecular weight excluding hydrogens is 300 g/mol. The summed E-state index contributed by atoms with van der Waals surface area (Å²) in [4.78, 5) is 15.6. The first kappa shape index (κ1) is 15.4. The van der Waals surface area contributed by atoms with Crippen molar-refractivity contribution >= 4 is 5.82 Å². The van der Waals surface area contributed by atoms with Crippen molar-refractivity contribution in [2.75, 3.05) is 24.6 Å². The Balaban J connectivity index is 1.30. The quantitative estimate of drug-likeness (QED) is 0.844. The first-order chi connectivity index (χ1) is 11.8. The van der Waals surface area contributed by atoms with Crippen LogP contribution in [-0.4, -0.2) is 34.6 Å². The number of hydrogen-bond donors (Lipinski definition) is 0. The Labute approximate surface area is 143 Å². The van der Waals surface area contributed by atoms with Gasteiger partial charge in [0.25, 0.3) is 0 Å². The zero-order valence-electron chi connectivity index (χ0n) is 14.2. The summed E-state index contributed by atoms with van der Waals surface area (Å²) in [6.45, 7) is 4.87. The summed E-state index contributed by atoms with van der Waals surface area (Å²) in [5.41, 5.74) is 2.32. The fourth-order valence-electron chi connectivity index (χ4n) is 3.28. The van der Waals surface area contributed by atoms with E-state index in [2.05, 4.69) is 25.9 Å². The lowest BCUT2D eigenvalue weighted by atomic mass is 9.98. The third-order valence-corrected chi connectivity index (χ3v) is 5.03. The Morgan fingerprint density at radius 2 is 1.96 bits per heavy atom. The van der Waals surface area contributed by atoms with Crippen molar-refractivity contribution in [1.82, 2.24) is 15.0 Å². The molecule has 0 atom stereocenters. The molecule has 0 N–H and O–H groups in total. The van der Waals surface area contributed by atoms with Gasteiger partial charge in [0.1, 0.15) is 12.1 Å². The molecule has 1 aliphatic carbocycles. The average molecular weight is 324 g/mol. The second kappa shape index (κ2) is 6.75. The number of aryl methyl sites for hydroxylation is 1. The van der Waals surface area contributed by atoms with E-state index in [1.807, 2.05) is 19.1 Å². The lowest BCUT2D eigenvalue weighted by Gasteiger charge is -2.32. The molecule has 0 amide bonds. The van der Waals surface area contributed by atoms with Gasteiger partial charge in [0.05, 0.1) is 6.61 Å². The Morgan fingerprint density at radius 1 is 1.12 bits per heavy atom. The normalized spacial score (nSPS) is 18.6. The van der Waals surface area contributed by atoms with Crippen molar-refractivity contribution in [3.05, 3.63) is 42.0 Å². The number of piperidine rings is 1. The van der Waals surface area contributed by atoms with Crippen LogP contribution in [0.4, 0.5) is 5.82 Å². The molecule has 0 bridgehead atoms. The predicted octanol–water partition coefficient (Wildman–Crippen LogP) is 3.35. The maximum atomic E-state index is 5.92. The van der Waals surface area contributed by atoms with Crippen LogP contribution in [-0.2, 0) is 0 Å². The van der Waals surface area contributed by atoms with Crippen molar-refractivity contribution in [2.24, 2.45) is 5.92 Å². The number of pyridine rings is 1. The van der Waals surface area contributed by atoms with Crippen molar-refractivity contribution in [2.45, 2.75) is 38.5 Å². The molecule has 3 heterocycles. The van der Waals surface area contributed by atoms with Gasteiger partial charge in [0, 0.05) is 42.5 Å². The van der Waals surface area contributed by atoms with E-state index in [9.17, 15) is 0 Å². The minimum Gasteiger partial charge on any atom is -0.477 e. The monoisotopic (exact) mass is 324 g/mol.